The minimum atomic E-state index is -0.347. The normalized spacial score (nSPS) is 19.3. The van der Waals surface area contributed by atoms with Gasteiger partial charge in [-0.25, -0.2) is 0 Å². The molecule has 0 atom stereocenters. The average molecular weight is 367 g/mol. The summed E-state index contributed by atoms with van der Waals surface area (Å²) in [5.41, 5.74) is 2.49. The second-order valence-corrected chi connectivity index (χ2v) is 7.15. The van der Waals surface area contributed by atoms with Crippen molar-refractivity contribution in [3.8, 4) is 5.75 Å². The van der Waals surface area contributed by atoms with E-state index in [0.29, 0.717) is 30.1 Å². The van der Waals surface area contributed by atoms with Crippen LogP contribution >= 0.6 is 0 Å². The summed E-state index contributed by atoms with van der Waals surface area (Å²) in [4.78, 5) is 15.2. The number of methoxy groups -OCH3 is 1. The number of hydrogen-bond donors (Lipinski definition) is 0. The molecular weight excluding hydrogens is 342 g/mol. The molecule has 0 saturated carbocycles. The zero-order valence-electron chi connectivity index (χ0n) is 15.6. The second-order valence-electron chi connectivity index (χ2n) is 7.15. The summed E-state index contributed by atoms with van der Waals surface area (Å²) < 4.78 is 16.8. The van der Waals surface area contributed by atoms with Crippen molar-refractivity contribution in [2.45, 2.75) is 25.2 Å². The van der Waals surface area contributed by atoms with E-state index in [1.54, 1.807) is 13.2 Å². The van der Waals surface area contributed by atoms with Crippen molar-refractivity contribution in [3.63, 3.8) is 0 Å². The number of likely N-dealkylation sites (tertiary alicyclic amines) is 1. The van der Waals surface area contributed by atoms with E-state index in [9.17, 15) is 4.79 Å². The zero-order valence-corrected chi connectivity index (χ0v) is 15.6. The molecule has 2 fully saturated rings. The first-order valence-corrected chi connectivity index (χ1v) is 9.45. The SMILES string of the molecule is COc1cccc(C(=O)c2cccc(CN3CCC4(CC3)OCCO4)c2)c1. The molecule has 0 aromatic heterocycles. The molecular formula is C22H25NO4. The van der Waals surface area contributed by atoms with Gasteiger partial charge in [0.1, 0.15) is 5.75 Å². The van der Waals surface area contributed by atoms with Gasteiger partial charge in [-0.2, -0.15) is 0 Å². The summed E-state index contributed by atoms with van der Waals surface area (Å²) in [6.07, 6.45) is 1.80. The molecule has 2 heterocycles. The monoisotopic (exact) mass is 367 g/mol. The lowest BCUT2D eigenvalue weighted by Gasteiger charge is -2.37. The largest absolute Gasteiger partial charge is 0.497 e. The molecule has 2 aromatic rings. The summed E-state index contributed by atoms with van der Waals surface area (Å²) >= 11 is 0. The highest BCUT2D eigenvalue weighted by molar-refractivity contribution is 6.09. The molecule has 0 N–H and O–H groups in total. The van der Waals surface area contributed by atoms with Crippen LogP contribution in [0.4, 0.5) is 0 Å². The van der Waals surface area contributed by atoms with Gasteiger partial charge < -0.3 is 14.2 Å². The Bertz CT molecular complexity index is 803. The smallest absolute Gasteiger partial charge is 0.193 e. The van der Waals surface area contributed by atoms with Gasteiger partial charge in [0.15, 0.2) is 11.6 Å². The quantitative estimate of drug-likeness (QED) is 0.759. The number of rotatable bonds is 5. The number of hydrogen-bond acceptors (Lipinski definition) is 5. The fourth-order valence-corrected chi connectivity index (χ4v) is 3.84. The van der Waals surface area contributed by atoms with Crippen LogP contribution in [0, 0.1) is 0 Å². The maximum atomic E-state index is 12.8. The molecule has 0 unspecified atom stereocenters. The molecule has 0 radical (unpaired) electrons. The lowest BCUT2D eigenvalue weighted by Crippen LogP contribution is -2.44. The van der Waals surface area contributed by atoms with Crippen LogP contribution in [0.15, 0.2) is 48.5 Å². The van der Waals surface area contributed by atoms with Crippen molar-refractivity contribution in [2.75, 3.05) is 33.4 Å². The van der Waals surface area contributed by atoms with Crippen LogP contribution in [0.3, 0.4) is 0 Å². The second kappa shape index (κ2) is 7.80. The van der Waals surface area contributed by atoms with E-state index in [-0.39, 0.29) is 11.6 Å². The number of nitrogens with zero attached hydrogens (tertiary/aromatic N) is 1. The maximum absolute atomic E-state index is 12.8. The predicted molar refractivity (Wildman–Crippen MR) is 102 cm³/mol. The first kappa shape index (κ1) is 18.2. The van der Waals surface area contributed by atoms with E-state index in [2.05, 4.69) is 11.0 Å². The van der Waals surface area contributed by atoms with Gasteiger partial charge in [0.2, 0.25) is 0 Å². The summed E-state index contributed by atoms with van der Waals surface area (Å²) in [5, 5.41) is 0. The number of benzene rings is 2. The minimum Gasteiger partial charge on any atom is -0.497 e. The predicted octanol–water partition coefficient (Wildman–Crippen LogP) is 3.27. The molecule has 2 aromatic carbocycles. The minimum absolute atomic E-state index is 0.0149. The number of carbonyl (C=O) groups is 1. The highest BCUT2D eigenvalue weighted by atomic mass is 16.7. The van der Waals surface area contributed by atoms with E-state index in [1.165, 1.54) is 0 Å². The summed E-state index contributed by atoms with van der Waals surface area (Å²) in [6, 6.07) is 15.2. The Balaban J connectivity index is 1.42. The number of ketones is 1. The molecule has 5 heteroatoms. The van der Waals surface area contributed by atoms with Crippen LogP contribution in [0.5, 0.6) is 5.75 Å². The summed E-state index contributed by atoms with van der Waals surface area (Å²) in [5.74, 6) is 0.359. The Labute approximate surface area is 159 Å². The molecule has 2 aliphatic heterocycles. The number of carbonyl (C=O) groups excluding carboxylic acids is 1. The third-order valence-corrected chi connectivity index (χ3v) is 5.36. The van der Waals surface area contributed by atoms with E-state index in [4.69, 9.17) is 14.2 Å². The number of piperidine rings is 1. The van der Waals surface area contributed by atoms with Gasteiger partial charge in [-0.15, -0.1) is 0 Å². The molecule has 2 aliphatic rings. The van der Waals surface area contributed by atoms with Gasteiger partial charge in [0.25, 0.3) is 0 Å². The van der Waals surface area contributed by atoms with E-state index < -0.39 is 0 Å². The van der Waals surface area contributed by atoms with Crippen LogP contribution in [0.1, 0.15) is 34.3 Å². The fourth-order valence-electron chi connectivity index (χ4n) is 3.84. The molecule has 27 heavy (non-hydrogen) atoms. The third-order valence-electron chi connectivity index (χ3n) is 5.36. The molecule has 1 spiro atoms. The van der Waals surface area contributed by atoms with Crippen LogP contribution in [0.25, 0.3) is 0 Å². The van der Waals surface area contributed by atoms with Gasteiger partial charge in [-0.3, -0.25) is 9.69 Å². The van der Waals surface area contributed by atoms with Crippen LogP contribution in [-0.4, -0.2) is 49.9 Å². The fraction of sp³-hybridized carbons (Fsp3) is 0.409. The molecule has 2 saturated heterocycles. The van der Waals surface area contributed by atoms with E-state index >= 15 is 0 Å². The standard InChI is InChI=1S/C22H25NO4/c1-25-20-7-3-6-19(15-20)21(24)18-5-2-4-17(14-18)16-23-10-8-22(9-11-23)26-12-13-27-22/h2-7,14-15H,8-13,16H2,1H3. The Morgan fingerprint density at radius 2 is 1.70 bits per heavy atom. The van der Waals surface area contributed by atoms with Crippen molar-refractivity contribution >= 4 is 5.78 Å². The molecule has 0 aliphatic carbocycles. The topological polar surface area (TPSA) is 48.0 Å². The van der Waals surface area contributed by atoms with Crippen molar-refractivity contribution in [1.29, 1.82) is 0 Å². The molecule has 4 rings (SSSR count). The Hall–Kier alpha value is -2.21. The lowest BCUT2D eigenvalue weighted by atomic mass is 9.99. The van der Waals surface area contributed by atoms with E-state index in [0.717, 1.165) is 38.0 Å². The average Bonchev–Trinajstić information content (AvgIpc) is 3.18. The Kier molecular flexibility index (Phi) is 5.25. The first-order chi connectivity index (χ1) is 13.2. The lowest BCUT2D eigenvalue weighted by molar-refractivity contribution is -0.185. The van der Waals surface area contributed by atoms with Crippen molar-refractivity contribution in [3.05, 3.63) is 65.2 Å². The Morgan fingerprint density at radius 1 is 1.04 bits per heavy atom. The van der Waals surface area contributed by atoms with Gasteiger partial charge in [0.05, 0.1) is 20.3 Å². The zero-order chi connectivity index (χ0) is 18.7. The molecule has 0 amide bonds. The molecule has 0 bridgehead atoms. The van der Waals surface area contributed by atoms with Crippen molar-refractivity contribution in [1.82, 2.24) is 4.90 Å². The van der Waals surface area contributed by atoms with Crippen LogP contribution in [0.2, 0.25) is 0 Å². The van der Waals surface area contributed by atoms with Gasteiger partial charge in [0, 0.05) is 43.6 Å². The highest BCUT2D eigenvalue weighted by Crippen LogP contribution is 2.31. The van der Waals surface area contributed by atoms with Gasteiger partial charge >= 0.3 is 0 Å². The molecule has 5 nitrogen and oxygen atoms in total. The maximum Gasteiger partial charge on any atom is 0.193 e. The summed E-state index contributed by atoms with van der Waals surface area (Å²) in [7, 11) is 1.61. The first-order valence-electron chi connectivity index (χ1n) is 9.45. The van der Waals surface area contributed by atoms with Crippen LogP contribution < -0.4 is 4.74 Å². The van der Waals surface area contributed by atoms with Gasteiger partial charge in [-0.05, 0) is 23.8 Å². The van der Waals surface area contributed by atoms with Crippen molar-refractivity contribution < 1.29 is 19.0 Å². The van der Waals surface area contributed by atoms with Gasteiger partial charge in [-0.1, -0.05) is 30.3 Å². The summed E-state index contributed by atoms with van der Waals surface area (Å²) in [6.45, 7) is 4.11. The molecule has 142 valence electrons. The van der Waals surface area contributed by atoms with Crippen LogP contribution in [-0.2, 0) is 16.0 Å². The third kappa shape index (κ3) is 4.05. The van der Waals surface area contributed by atoms with Crippen molar-refractivity contribution in [2.24, 2.45) is 0 Å². The highest BCUT2D eigenvalue weighted by Gasteiger charge is 2.39. The van der Waals surface area contributed by atoms with E-state index in [1.807, 2.05) is 36.4 Å². The number of ether oxygens (including phenoxy) is 3. The Morgan fingerprint density at radius 3 is 2.41 bits per heavy atom.